The fourth-order valence-electron chi connectivity index (χ4n) is 5.34. The minimum absolute atomic E-state index is 0.248. The average Bonchev–Trinajstić information content (AvgIpc) is 3.51. The summed E-state index contributed by atoms with van der Waals surface area (Å²) in [6, 6.07) is 17.4. The maximum Gasteiger partial charge on any atom is 0.338 e. The number of aromatic amines is 1. The van der Waals surface area contributed by atoms with Crippen molar-refractivity contribution in [2.45, 2.75) is 23.1 Å². The van der Waals surface area contributed by atoms with Crippen LogP contribution in [-0.4, -0.2) is 47.1 Å². The summed E-state index contributed by atoms with van der Waals surface area (Å²) >= 11 is 14.6. The van der Waals surface area contributed by atoms with Gasteiger partial charge in [-0.25, -0.2) is 9.69 Å². The van der Waals surface area contributed by atoms with Crippen LogP contribution in [0.15, 0.2) is 76.6 Å². The number of aromatic nitrogens is 1. The smallest absolute Gasteiger partial charge is 0.338 e. The van der Waals surface area contributed by atoms with Crippen LogP contribution in [0.5, 0.6) is 5.75 Å². The second-order valence-corrected chi connectivity index (χ2v) is 13.1. The summed E-state index contributed by atoms with van der Waals surface area (Å²) in [5.74, 6) is -3.19. The highest BCUT2D eigenvalue weighted by molar-refractivity contribution is 8.00. The van der Waals surface area contributed by atoms with Crippen molar-refractivity contribution in [2.24, 2.45) is 5.92 Å². The Balaban J connectivity index is 1.28. The second kappa shape index (κ2) is 12.7. The third-order valence-electron chi connectivity index (χ3n) is 7.25. The minimum atomic E-state index is -0.885. The van der Waals surface area contributed by atoms with Crippen LogP contribution in [0.1, 0.15) is 33.6 Å². The standard InChI is InChI=1S/C31H23Cl2N3O7S2/c1-2-42-30(40)15-3-8-18(9-4-15)34-22(37)14-43-21-12-7-17(33)13-20(21)23-24-26(44-27-25(23)45-31(41)35-27)29(39)36(28(24)38)19-10-5-16(32)6-11-19/h3-13,23-24,26H,2,14H2,1H3,(H,34,37)(H,35,41). The molecule has 3 aromatic carbocycles. The number of thiazole rings is 1. The zero-order valence-electron chi connectivity index (χ0n) is 23.4. The summed E-state index contributed by atoms with van der Waals surface area (Å²) in [5, 5.41) is 3.17. The molecule has 3 heterocycles. The third-order valence-corrected chi connectivity index (χ3v) is 10.1. The van der Waals surface area contributed by atoms with Gasteiger partial charge in [0.1, 0.15) is 11.0 Å². The Labute approximate surface area is 274 Å². The lowest BCUT2D eigenvalue weighted by Crippen LogP contribution is -2.32. The van der Waals surface area contributed by atoms with Gasteiger partial charge in [-0.15, -0.1) is 0 Å². The first kappa shape index (κ1) is 30.9. The molecule has 2 N–H and O–H groups in total. The summed E-state index contributed by atoms with van der Waals surface area (Å²) in [5.41, 5.74) is 1.63. The molecule has 3 unspecified atom stereocenters. The summed E-state index contributed by atoms with van der Waals surface area (Å²) in [4.78, 5) is 69.1. The second-order valence-electron chi connectivity index (χ2n) is 10.1. The molecule has 1 fully saturated rings. The first-order chi connectivity index (χ1) is 21.6. The SMILES string of the molecule is CCOC(=O)c1ccc(NC(=O)COc2ccc(Cl)cc2C2c3sc(=O)[nH]c3SC3C(=O)N(c4ccc(Cl)cc4)C(=O)C32)cc1. The fourth-order valence-corrected chi connectivity index (χ4v) is 8.15. The van der Waals surface area contributed by atoms with E-state index in [0.29, 0.717) is 42.5 Å². The van der Waals surface area contributed by atoms with E-state index in [1.54, 1.807) is 61.5 Å². The molecule has 0 aliphatic carbocycles. The van der Waals surface area contributed by atoms with Crippen LogP contribution in [0.2, 0.25) is 10.0 Å². The summed E-state index contributed by atoms with van der Waals surface area (Å²) in [7, 11) is 0. The molecule has 230 valence electrons. The number of nitrogens with one attached hydrogen (secondary N) is 2. The van der Waals surface area contributed by atoms with Crippen molar-refractivity contribution in [3.8, 4) is 5.75 Å². The number of hydrogen-bond acceptors (Lipinski definition) is 9. The molecule has 4 aromatic rings. The van der Waals surface area contributed by atoms with Gasteiger partial charge in [-0.2, -0.15) is 0 Å². The van der Waals surface area contributed by atoms with Crippen molar-refractivity contribution in [1.29, 1.82) is 0 Å². The average molecular weight is 685 g/mol. The van der Waals surface area contributed by atoms with E-state index in [1.807, 2.05) is 0 Å². The Morgan fingerprint density at radius 1 is 0.956 bits per heavy atom. The topological polar surface area (TPSA) is 135 Å². The molecule has 3 amide bonds. The molecule has 0 spiro atoms. The molecule has 1 aromatic heterocycles. The molecule has 2 aliphatic heterocycles. The van der Waals surface area contributed by atoms with Gasteiger partial charge in [0, 0.05) is 32.1 Å². The van der Waals surface area contributed by atoms with Crippen LogP contribution in [0, 0.1) is 5.92 Å². The number of benzene rings is 3. The lowest BCUT2D eigenvalue weighted by molar-refractivity contribution is -0.122. The van der Waals surface area contributed by atoms with E-state index in [4.69, 9.17) is 32.7 Å². The zero-order chi connectivity index (χ0) is 31.8. The molecule has 6 rings (SSSR count). The molecule has 45 heavy (non-hydrogen) atoms. The maximum atomic E-state index is 14.0. The van der Waals surface area contributed by atoms with E-state index in [1.165, 1.54) is 12.1 Å². The highest BCUT2D eigenvalue weighted by atomic mass is 35.5. The number of fused-ring (bicyclic) bond motifs is 2. The number of H-pyrrole nitrogens is 1. The van der Waals surface area contributed by atoms with Crippen molar-refractivity contribution in [1.82, 2.24) is 4.98 Å². The Morgan fingerprint density at radius 2 is 1.67 bits per heavy atom. The Hall–Kier alpha value is -4.10. The van der Waals surface area contributed by atoms with Gasteiger partial charge in [0.15, 0.2) is 6.61 Å². The molecule has 3 atom stereocenters. The first-order valence-corrected chi connectivity index (χ1v) is 16.1. The molecular formula is C31H23Cl2N3O7S2. The van der Waals surface area contributed by atoms with Gasteiger partial charge >= 0.3 is 10.8 Å². The quantitative estimate of drug-likeness (QED) is 0.178. The van der Waals surface area contributed by atoms with Gasteiger partial charge < -0.3 is 19.8 Å². The van der Waals surface area contributed by atoms with Crippen LogP contribution in [0.4, 0.5) is 11.4 Å². The highest BCUT2D eigenvalue weighted by Gasteiger charge is 2.56. The summed E-state index contributed by atoms with van der Waals surface area (Å²) in [6.07, 6.45) is 0. The van der Waals surface area contributed by atoms with Crippen LogP contribution in [-0.2, 0) is 19.1 Å². The number of thioether (sulfide) groups is 1. The number of carbonyl (C=O) groups is 4. The molecule has 10 nitrogen and oxygen atoms in total. The van der Waals surface area contributed by atoms with Crippen LogP contribution < -0.4 is 19.8 Å². The zero-order valence-corrected chi connectivity index (χ0v) is 26.5. The number of anilines is 2. The Bertz CT molecular complexity index is 1880. The minimum Gasteiger partial charge on any atom is -0.483 e. The lowest BCUT2D eigenvalue weighted by Gasteiger charge is -2.31. The van der Waals surface area contributed by atoms with E-state index in [9.17, 15) is 24.0 Å². The molecule has 0 saturated carbocycles. The number of amides is 3. The molecule has 2 aliphatic rings. The van der Waals surface area contributed by atoms with Gasteiger partial charge in [-0.05, 0) is 73.7 Å². The molecule has 14 heteroatoms. The van der Waals surface area contributed by atoms with Crippen LogP contribution in [0.3, 0.4) is 0 Å². The van der Waals surface area contributed by atoms with Crippen molar-refractivity contribution in [3.05, 3.63) is 102 Å². The highest BCUT2D eigenvalue weighted by Crippen LogP contribution is 2.54. The van der Waals surface area contributed by atoms with E-state index in [-0.39, 0.29) is 17.2 Å². The number of hydrogen-bond donors (Lipinski definition) is 2. The summed E-state index contributed by atoms with van der Waals surface area (Å²) < 4.78 is 10.9. The maximum absolute atomic E-state index is 14.0. The van der Waals surface area contributed by atoms with Crippen molar-refractivity contribution < 1.29 is 28.7 Å². The number of halogens is 2. The predicted molar refractivity (Wildman–Crippen MR) is 172 cm³/mol. The molecule has 0 radical (unpaired) electrons. The largest absolute Gasteiger partial charge is 0.483 e. The van der Waals surface area contributed by atoms with Gasteiger partial charge in [0.2, 0.25) is 11.8 Å². The monoisotopic (exact) mass is 683 g/mol. The van der Waals surface area contributed by atoms with Crippen molar-refractivity contribution >= 4 is 81.4 Å². The number of ether oxygens (including phenoxy) is 2. The Kier molecular flexibility index (Phi) is 8.74. The van der Waals surface area contributed by atoms with Crippen molar-refractivity contribution in [3.63, 3.8) is 0 Å². The van der Waals surface area contributed by atoms with E-state index in [2.05, 4.69) is 10.3 Å². The van der Waals surface area contributed by atoms with Crippen molar-refractivity contribution in [2.75, 3.05) is 23.4 Å². The van der Waals surface area contributed by atoms with Gasteiger partial charge in [-0.3, -0.25) is 19.2 Å². The number of esters is 1. The number of carbonyl (C=O) groups excluding carboxylic acids is 4. The molecule has 0 bridgehead atoms. The normalized spacial score (nSPS) is 18.7. The van der Waals surface area contributed by atoms with E-state index < -0.39 is 47.4 Å². The van der Waals surface area contributed by atoms with Crippen LogP contribution in [0.25, 0.3) is 0 Å². The van der Waals surface area contributed by atoms with Gasteiger partial charge in [-0.1, -0.05) is 46.3 Å². The third kappa shape index (κ3) is 6.10. The fraction of sp³-hybridized carbons (Fsp3) is 0.194. The van der Waals surface area contributed by atoms with Crippen LogP contribution >= 0.6 is 46.3 Å². The number of nitrogens with zero attached hydrogens (tertiary/aromatic N) is 1. The predicted octanol–water partition coefficient (Wildman–Crippen LogP) is 5.73. The van der Waals surface area contributed by atoms with Gasteiger partial charge in [0.05, 0.1) is 28.8 Å². The number of rotatable bonds is 8. The summed E-state index contributed by atoms with van der Waals surface area (Å²) in [6.45, 7) is 1.56. The van der Waals surface area contributed by atoms with E-state index >= 15 is 0 Å². The molecule has 1 saturated heterocycles. The van der Waals surface area contributed by atoms with E-state index in [0.717, 1.165) is 28.0 Å². The first-order valence-electron chi connectivity index (χ1n) is 13.7. The lowest BCUT2D eigenvalue weighted by atomic mass is 9.82. The Morgan fingerprint density at radius 3 is 2.38 bits per heavy atom. The molecular weight excluding hydrogens is 661 g/mol. The number of imide groups is 1. The van der Waals surface area contributed by atoms with Gasteiger partial charge in [0.25, 0.3) is 5.91 Å².